The van der Waals surface area contributed by atoms with E-state index in [-0.39, 0.29) is 6.10 Å². The molecule has 1 aliphatic heterocycles. The number of methoxy groups -OCH3 is 1. The highest BCUT2D eigenvalue weighted by molar-refractivity contribution is 7.99. The Labute approximate surface area is 123 Å². The Bertz CT molecular complexity index is 469. The topological polar surface area (TPSA) is 55.8 Å². The van der Waals surface area contributed by atoms with Crippen molar-refractivity contribution in [2.24, 2.45) is 0 Å². The minimum atomic E-state index is -0.843. The van der Waals surface area contributed by atoms with E-state index in [1.54, 1.807) is 26.2 Å². The minimum absolute atomic E-state index is 0.230. The maximum absolute atomic E-state index is 11.0. The first-order valence-corrected chi connectivity index (χ1v) is 7.92. The summed E-state index contributed by atoms with van der Waals surface area (Å²) in [5.41, 5.74) is 0.723. The lowest BCUT2D eigenvalue weighted by atomic mass is 10.0. The van der Waals surface area contributed by atoms with Crippen LogP contribution < -0.4 is 9.47 Å². The maximum Gasteiger partial charge on any atom is 0.310 e. The van der Waals surface area contributed by atoms with Crippen LogP contribution in [-0.4, -0.2) is 35.8 Å². The van der Waals surface area contributed by atoms with Crippen LogP contribution in [0.4, 0.5) is 0 Å². The third-order valence-electron chi connectivity index (χ3n) is 3.52. The summed E-state index contributed by atoms with van der Waals surface area (Å²) in [5.74, 6) is 2.16. The normalized spacial score (nSPS) is 17.5. The first-order valence-electron chi connectivity index (χ1n) is 6.77. The summed E-state index contributed by atoms with van der Waals surface area (Å²) >= 11 is 1.95. The van der Waals surface area contributed by atoms with Crippen LogP contribution in [0, 0.1) is 0 Å². The van der Waals surface area contributed by atoms with Crippen molar-refractivity contribution >= 4 is 17.7 Å². The van der Waals surface area contributed by atoms with Crippen LogP contribution in [-0.2, 0) is 4.79 Å². The van der Waals surface area contributed by atoms with Crippen LogP contribution >= 0.6 is 11.8 Å². The molecule has 1 saturated heterocycles. The summed E-state index contributed by atoms with van der Waals surface area (Å²) in [6, 6.07) is 5.37. The Morgan fingerprint density at radius 2 is 2.05 bits per heavy atom. The molecule has 1 unspecified atom stereocenters. The Balaban J connectivity index is 2.14. The molecule has 0 spiro atoms. The number of ether oxygens (including phenoxy) is 2. The fraction of sp³-hybridized carbons (Fsp3) is 0.533. The number of benzene rings is 1. The average Bonchev–Trinajstić information content (AvgIpc) is 2.48. The van der Waals surface area contributed by atoms with Crippen molar-refractivity contribution in [2.45, 2.75) is 31.8 Å². The highest BCUT2D eigenvalue weighted by Gasteiger charge is 2.19. The second-order valence-corrected chi connectivity index (χ2v) is 6.12. The molecule has 0 amide bonds. The van der Waals surface area contributed by atoms with Crippen molar-refractivity contribution in [1.29, 1.82) is 0 Å². The Hall–Kier alpha value is -1.36. The van der Waals surface area contributed by atoms with Gasteiger partial charge >= 0.3 is 5.97 Å². The van der Waals surface area contributed by atoms with Gasteiger partial charge in [0.15, 0.2) is 11.5 Å². The molecule has 0 aromatic heterocycles. The maximum atomic E-state index is 11.0. The fourth-order valence-electron chi connectivity index (χ4n) is 2.17. The van der Waals surface area contributed by atoms with Gasteiger partial charge in [0.2, 0.25) is 0 Å². The van der Waals surface area contributed by atoms with Crippen LogP contribution in [0.15, 0.2) is 18.2 Å². The SMILES string of the molecule is COc1cc(C(C)C(=O)O)ccc1OC1CCSCC1. The molecule has 1 aliphatic rings. The number of carboxylic acid groups (broad SMARTS) is 1. The van der Waals surface area contributed by atoms with Crippen LogP contribution in [0.1, 0.15) is 31.2 Å². The molecular weight excluding hydrogens is 276 g/mol. The predicted octanol–water partition coefficient (Wildman–Crippen LogP) is 3.16. The van der Waals surface area contributed by atoms with Crippen molar-refractivity contribution in [2.75, 3.05) is 18.6 Å². The Morgan fingerprint density at radius 1 is 1.35 bits per heavy atom. The van der Waals surface area contributed by atoms with Crippen LogP contribution in [0.3, 0.4) is 0 Å². The monoisotopic (exact) mass is 296 g/mol. The van der Waals surface area contributed by atoms with Crippen molar-refractivity contribution in [1.82, 2.24) is 0 Å². The van der Waals surface area contributed by atoms with Gasteiger partial charge in [-0.2, -0.15) is 11.8 Å². The van der Waals surface area contributed by atoms with Gasteiger partial charge in [0, 0.05) is 0 Å². The van der Waals surface area contributed by atoms with Gasteiger partial charge in [-0.05, 0) is 49.0 Å². The van der Waals surface area contributed by atoms with Crippen LogP contribution in [0.25, 0.3) is 0 Å². The van der Waals surface area contributed by atoms with E-state index in [1.165, 1.54) is 0 Å². The molecule has 110 valence electrons. The first kappa shape index (κ1) is 15.0. The molecule has 1 aromatic carbocycles. The van der Waals surface area contributed by atoms with Crippen molar-refractivity contribution < 1.29 is 19.4 Å². The third kappa shape index (κ3) is 3.60. The standard InChI is InChI=1S/C15H20O4S/c1-10(15(16)17)11-3-4-13(14(9-11)18-2)19-12-5-7-20-8-6-12/h3-4,9-10,12H,5-8H2,1-2H3,(H,16,17). The molecule has 1 aromatic rings. The van der Waals surface area contributed by atoms with Crippen LogP contribution in [0.5, 0.6) is 11.5 Å². The molecule has 1 heterocycles. The Morgan fingerprint density at radius 3 is 2.65 bits per heavy atom. The minimum Gasteiger partial charge on any atom is -0.493 e. The van der Waals surface area contributed by atoms with Gasteiger partial charge in [0.1, 0.15) is 6.10 Å². The zero-order chi connectivity index (χ0) is 14.5. The molecule has 0 aliphatic carbocycles. The number of carbonyl (C=O) groups is 1. The van der Waals surface area contributed by atoms with Gasteiger partial charge in [-0.15, -0.1) is 0 Å². The lowest BCUT2D eigenvalue weighted by Crippen LogP contribution is -2.22. The van der Waals surface area contributed by atoms with E-state index in [0.29, 0.717) is 11.5 Å². The summed E-state index contributed by atoms with van der Waals surface area (Å²) in [6.45, 7) is 1.66. The largest absolute Gasteiger partial charge is 0.493 e. The molecule has 20 heavy (non-hydrogen) atoms. The highest BCUT2D eigenvalue weighted by atomic mass is 32.2. The molecule has 0 bridgehead atoms. The number of hydrogen-bond donors (Lipinski definition) is 1. The van der Waals surface area contributed by atoms with Gasteiger partial charge in [0.05, 0.1) is 13.0 Å². The fourth-order valence-corrected chi connectivity index (χ4v) is 3.23. The Kier molecular flexibility index (Phi) is 5.17. The number of carboxylic acids is 1. The van der Waals surface area contributed by atoms with Gasteiger partial charge in [-0.25, -0.2) is 0 Å². The molecule has 0 saturated carbocycles. The van der Waals surface area contributed by atoms with E-state index >= 15 is 0 Å². The lowest BCUT2D eigenvalue weighted by Gasteiger charge is -2.24. The molecule has 1 fully saturated rings. The molecule has 1 N–H and O–H groups in total. The number of thioether (sulfide) groups is 1. The highest BCUT2D eigenvalue weighted by Crippen LogP contribution is 2.33. The summed E-state index contributed by atoms with van der Waals surface area (Å²) in [6.07, 6.45) is 2.32. The summed E-state index contributed by atoms with van der Waals surface area (Å²) in [7, 11) is 1.58. The van der Waals surface area contributed by atoms with E-state index < -0.39 is 11.9 Å². The van der Waals surface area contributed by atoms with E-state index in [2.05, 4.69) is 0 Å². The van der Waals surface area contributed by atoms with Gasteiger partial charge in [-0.1, -0.05) is 6.07 Å². The van der Waals surface area contributed by atoms with E-state index in [4.69, 9.17) is 14.6 Å². The van der Waals surface area contributed by atoms with Crippen molar-refractivity contribution in [3.05, 3.63) is 23.8 Å². The van der Waals surface area contributed by atoms with E-state index in [9.17, 15) is 4.79 Å². The van der Waals surface area contributed by atoms with Crippen molar-refractivity contribution in [3.63, 3.8) is 0 Å². The molecule has 0 radical (unpaired) electrons. The van der Waals surface area contributed by atoms with Crippen LogP contribution in [0.2, 0.25) is 0 Å². The summed E-state index contributed by atoms with van der Waals surface area (Å²) in [5, 5.41) is 9.06. The first-order chi connectivity index (χ1) is 9.61. The molecular formula is C15H20O4S. The molecule has 2 rings (SSSR count). The molecule has 5 heteroatoms. The number of aliphatic carboxylic acids is 1. The van der Waals surface area contributed by atoms with Gasteiger partial charge < -0.3 is 14.6 Å². The average molecular weight is 296 g/mol. The van der Waals surface area contributed by atoms with Crippen molar-refractivity contribution in [3.8, 4) is 11.5 Å². The molecule has 4 nitrogen and oxygen atoms in total. The summed E-state index contributed by atoms with van der Waals surface area (Å²) in [4.78, 5) is 11.0. The number of rotatable bonds is 5. The smallest absolute Gasteiger partial charge is 0.310 e. The van der Waals surface area contributed by atoms with Gasteiger partial charge in [-0.3, -0.25) is 4.79 Å². The zero-order valence-electron chi connectivity index (χ0n) is 11.8. The van der Waals surface area contributed by atoms with E-state index in [1.807, 2.05) is 17.8 Å². The van der Waals surface area contributed by atoms with E-state index in [0.717, 1.165) is 29.9 Å². The summed E-state index contributed by atoms with van der Waals surface area (Å²) < 4.78 is 11.3. The molecule has 1 atom stereocenters. The second kappa shape index (κ2) is 6.88. The predicted molar refractivity (Wildman–Crippen MR) is 80.0 cm³/mol. The lowest BCUT2D eigenvalue weighted by molar-refractivity contribution is -0.138. The zero-order valence-corrected chi connectivity index (χ0v) is 12.6. The quantitative estimate of drug-likeness (QED) is 0.904. The van der Waals surface area contributed by atoms with Gasteiger partial charge in [0.25, 0.3) is 0 Å². The second-order valence-electron chi connectivity index (χ2n) is 4.90. The third-order valence-corrected chi connectivity index (χ3v) is 4.57. The number of hydrogen-bond acceptors (Lipinski definition) is 4.